The SMILES string of the molecule is CCCNC(=O)c1ccc(N2CCN(Cc3ccc(-c4cncc(OCC)c4)c(C)c3)CC2)nn1. The van der Waals surface area contributed by atoms with E-state index in [-0.39, 0.29) is 5.91 Å². The van der Waals surface area contributed by atoms with E-state index < -0.39 is 0 Å². The minimum atomic E-state index is -0.171. The lowest BCUT2D eigenvalue weighted by atomic mass is 9.99. The summed E-state index contributed by atoms with van der Waals surface area (Å²) in [5.41, 5.74) is 5.15. The number of amides is 1. The molecule has 0 saturated carbocycles. The summed E-state index contributed by atoms with van der Waals surface area (Å²) < 4.78 is 5.60. The Hall–Kier alpha value is -3.52. The van der Waals surface area contributed by atoms with E-state index in [0.29, 0.717) is 18.8 Å². The summed E-state index contributed by atoms with van der Waals surface area (Å²) in [6, 6.07) is 12.3. The van der Waals surface area contributed by atoms with E-state index in [1.165, 1.54) is 16.7 Å². The average molecular weight is 475 g/mol. The lowest BCUT2D eigenvalue weighted by Crippen LogP contribution is -2.46. The van der Waals surface area contributed by atoms with Gasteiger partial charge in [-0.2, -0.15) is 0 Å². The largest absolute Gasteiger partial charge is 0.492 e. The monoisotopic (exact) mass is 474 g/mol. The molecule has 0 bridgehead atoms. The summed E-state index contributed by atoms with van der Waals surface area (Å²) in [4.78, 5) is 21.0. The van der Waals surface area contributed by atoms with Gasteiger partial charge in [0, 0.05) is 51.0 Å². The molecule has 1 saturated heterocycles. The Kier molecular flexibility index (Phi) is 8.26. The summed E-state index contributed by atoms with van der Waals surface area (Å²) in [7, 11) is 0. The molecule has 2 aromatic heterocycles. The quantitative estimate of drug-likeness (QED) is 0.506. The minimum Gasteiger partial charge on any atom is -0.492 e. The Balaban J connectivity index is 1.32. The standard InChI is InChI=1S/C27H34N6O2/c1-4-10-29-27(34)25-8-9-26(31-30-25)33-13-11-32(12-14-33)19-21-6-7-24(20(3)15-21)22-16-23(35-5-2)18-28-17-22/h6-9,15-18H,4-5,10-14,19H2,1-3H3,(H,29,34). The fourth-order valence-electron chi connectivity index (χ4n) is 4.30. The van der Waals surface area contributed by atoms with Crippen molar-refractivity contribution in [3.63, 3.8) is 0 Å². The first kappa shape index (κ1) is 24.6. The van der Waals surface area contributed by atoms with Crippen molar-refractivity contribution in [3.05, 3.63) is 65.6 Å². The van der Waals surface area contributed by atoms with Crippen LogP contribution in [0.4, 0.5) is 5.82 Å². The van der Waals surface area contributed by atoms with Crippen LogP contribution in [0.3, 0.4) is 0 Å². The van der Waals surface area contributed by atoms with Crippen LogP contribution in [0.5, 0.6) is 5.75 Å². The predicted octanol–water partition coefficient (Wildman–Crippen LogP) is 3.71. The molecule has 0 radical (unpaired) electrons. The zero-order valence-electron chi connectivity index (χ0n) is 20.8. The van der Waals surface area contributed by atoms with Gasteiger partial charge in [0.25, 0.3) is 5.91 Å². The Morgan fingerprint density at radius 1 is 1.03 bits per heavy atom. The first-order valence-electron chi connectivity index (χ1n) is 12.3. The van der Waals surface area contributed by atoms with Crippen LogP contribution in [0.1, 0.15) is 41.9 Å². The van der Waals surface area contributed by atoms with Gasteiger partial charge in [0.2, 0.25) is 0 Å². The number of hydrogen-bond acceptors (Lipinski definition) is 7. The topological polar surface area (TPSA) is 83.5 Å². The van der Waals surface area contributed by atoms with E-state index in [2.05, 4.69) is 55.4 Å². The van der Waals surface area contributed by atoms with Crippen molar-refractivity contribution in [2.24, 2.45) is 0 Å². The van der Waals surface area contributed by atoms with Crippen molar-refractivity contribution in [2.45, 2.75) is 33.7 Å². The van der Waals surface area contributed by atoms with Crippen LogP contribution in [0.2, 0.25) is 0 Å². The van der Waals surface area contributed by atoms with Crippen LogP contribution in [0, 0.1) is 6.92 Å². The average Bonchev–Trinajstić information content (AvgIpc) is 2.88. The maximum absolute atomic E-state index is 12.0. The molecule has 4 rings (SSSR count). The molecule has 1 aromatic carbocycles. The van der Waals surface area contributed by atoms with Crippen molar-refractivity contribution in [1.29, 1.82) is 0 Å². The van der Waals surface area contributed by atoms with Crippen molar-refractivity contribution < 1.29 is 9.53 Å². The third-order valence-corrected chi connectivity index (χ3v) is 6.15. The van der Waals surface area contributed by atoms with E-state index in [0.717, 1.165) is 56.3 Å². The highest BCUT2D eigenvalue weighted by Crippen LogP contribution is 2.27. The number of piperazine rings is 1. The number of carbonyl (C=O) groups excluding carboxylic acids is 1. The molecule has 1 N–H and O–H groups in total. The zero-order valence-corrected chi connectivity index (χ0v) is 20.8. The Morgan fingerprint density at radius 2 is 1.86 bits per heavy atom. The highest BCUT2D eigenvalue weighted by Gasteiger charge is 2.19. The van der Waals surface area contributed by atoms with Crippen LogP contribution < -0.4 is 15.0 Å². The van der Waals surface area contributed by atoms with Gasteiger partial charge in [0.15, 0.2) is 11.5 Å². The van der Waals surface area contributed by atoms with Crippen LogP contribution in [-0.4, -0.2) is 65.3 Å². The molecule has 35 heavy (non-hydrogen) atoms. The van der Waals surface area contributed by atoms with Gasteiger partial charge in [-0.15, -0.1) is 10.2 Å². The number of ether oxygens (including phenoxy) is 1. The second kappa shape index (κ2) is 11.8. The smallest absolute Gasteiger partial charge is 0.271 e. The van der Waals surface area contributed by atoms with E-state index in [1.54, 1.807) is 12.3 Å². The Labute approximate surface area is 207 Å². The van der Waals surface area contributed by atoms with Gasteiger partial charge >= 0.3 is 0 Å². The molecule has 0 atom stereocenters. The molecule has 1 aliphatic heterocycles. The number of pyridine rings is 1. The van der Waals surface area contributed by atoms with Crippen LogP contribution >= 0.6 is 0 Å². The summed E-state index contributed by atoms with van der Waals surface area (Å²) >= 11 is 0. The summed E-state index contributed by atoms with van der Waals surface area (Å²) in [6.45, 7) is 12.0. The number of aryl methyl sites for hydroxylation is 1. The number of aromatic nitrogens is 3. The Bertz CT molecular complexity index is 1130. The molecule has 1 aliphatic rings. The summed E-state index contributed by atoms with van der Waals surface area (Å²) in [6.07, 6.45) is 4.53. The number of hydrogen-bond donors (Lipinski definition) is 1. The molecule has 3 heterocycles. The van der Waals surface area contributed by atoms with E-state index in [1.807, 2.05) is 32.2 Å². The Morgan fingerprint density at radius 3 is 2.54 bits per heavy atom. The maximum atomic E-state index is 12.0. The van der Waals surface area contributed by atoms with Crippen LogP contribution in [-0.2, 0) is 6.54 Å². The third-order valence-electron chi connectivity index (χ3n) is 6.15. The van der Waals surface area contributed by atoms with Gasteiger partial charge in [-0.25, -0.2) is 0 Å². The van der Waals surface area contributed by atoms with Gasteiger partial charge in [-0.3, -0.25) is 14.7 Å². The first-order valence-corrected chi connectivity index (χ1v) is 12.3. The van der Waals surface area contributed by atoms with Crippen molar-refractivity contribution in [1.82, 2.24) is 25.4 Å². The highest BCUT2D eigenvalue weighted by molar-refractivity contribution is 5.92. The lowest BCUT2D eigenvalue weighted by molar-refractivity contribution is 0.0947. The third kappa shape index (κ3) is 6.33. The highest BCUT2D eigenvalue weighted by atomic mass is 16.5. The van der Waals surface area contributed by atoms with Crippen LogP contribution in [0.25, 0.3) is 11.1 Å². The van der Waals surface area contributed by atoms with E-state index in [9.17, 15) is 4.79 Å². The number of benzene rings is 1. The molecule has 184 valence electrons. The number of rotatable bonds is 9. The first-order chi connectivity index (χ1) is 17.1. The molecule has 1 fully saturated rings. The molecule has 1 amide bonds. The summed E-state index contributed by atoms with van der Waals surface area (Å²) in [5, 5.41) is 11.2. The number of nitrogens with zero attached hydrogens (tertiary/aromatic N) is 5. The molecule has 0 spiro atoms. The lowest BCUT2D eigenvalue weighted by Gasteiger charge is -2.35. The second-order valence-electron chi connectivity index (χ2n) is 8.79. The van der Waals surface area contributed by atoms with Crippen molar-refractivity contribution in [2.75, 3.05) is 44.2 Å². The molecule has 3 aromatic rings. The van der Waals surface area contributed by atoms with Gasteiger partial charge < -0.3 is 15.0 Å². The maximum Gasteiger partial charge on any atom is 0.271 e. The van der Waals surface area contributed by atoms with Gasteiger partial charge in [-0.1, -0.05) is 25.1 Å². The number of nitrogens with one attached hydrogen (secondary N) is 1. The van der Waals surface area contributed by atoms with E-state index >= 15 is 0 Å². The molecule has 0 aliphatic carbocycles. The summed E-state index contributed by atoms with van der Waals surface area (Å²) in [5.74, 6) is 1.44. The van der Waals surface area contributed by atoms with Gasteiger partial charge in [0.1, 0.15) is 5.75 Å². The zero-order chi connectivity index (χ0) is 24.6. The number of carbonyl (C=O) groups is 1. The predicted molar refractivity (Wildman–Crippen MR) is 138 cm³/mol. The normalized spacial score (nSPS) is 14.1. The fourth-order valence-corrected chi connectivity index (χ4v) is 4.30. The minimum absolute atomic E-state index is 0.171. The van der Waals surface area contributed by atoms with Crippen molar-refractivity contribution >= 4 is 11.7 Å². The second-order valence-corrected chi connectivity index (χ2v) is 8.79. The molecule has 8 nitrogen and oxygen atoms in total. The van der Waals surface area contributed by atoms with Gasteiger partial charge in [0.05, 0.1) is 12.8 Å². The fraction of sp³-hybridized carbons (Fsp3) is 0.407. The number of anilines is 1. The van der Waals surface area contributed by atoms with Crippen LogP contribution in [0.15, 0.2) is 48.8 Å². The molecular weight excluding hydrogens is 440 g/mol. The van der Waals surface area contributed by atoms with Crippen molar-refractivity contribution in [3.8, 4) is 16.9 Å². The molecule has 8 heteroatoms. The van der Waals surface area contributed by atoms with E-state index in [4.69, 9.17) is 4.74 Å². The van der Waals surface area contributed by atoms with Gasteiger partial charge in [-0.05, 0) is 55.2 Å². The molecular formula is C27H34N6O2. The molecule has 0 unspecified atom stereocenters.